The molecule has 3 aliphatic rings. The first-order valence-electron chi connectivity index (χ1n) is 9.00. The Labute approximate surface area is 165 Å². The highest BCUT2D eigenvalue weighted by Crippen LogP contribution is 2.47. The number of anilines is 1. The number of rotatable bonds is 5. The summed E-state index contributed by atoms with van der Waals surface area (Å²) in [4.78, 5) is 26.1. The lowest BCUT2D eigenvalue weighted by molar-refractivity contribution is -0.0515. The molecule has 29 heavy (non-hydrogen) atoms. The van der Waals surface area contributed by atoms with Crippen molar-refractivity contribution in [1.29, 1.82) is 0 Å². The van der Waals surface area contributed by atoms with Crippen LogP contribution >= 0.6 is 7.75 Å². The summed E-state index contributed by atoms with van der Waals surface area (Å²) in [7, 11) is -4.10. The molecule has 6 atom stereocenters. The number of aliphatic hydroxyl groups is 2. The van der Waals surface area contributed by atoms with Crippen LogP contribution in [0.1, 0.15) is 16.7 Å². The van der Waals surface area contributed by atoms with Gasteiger partial charge < -0.3 is 35.2 Å². The molecule has 0 spiro atoms. The van der Waals surface area contributed by atoms with Gasteiger partial charge in [0, 0.05) is 13.1 Å². The third-order valence-corrected chi connectivity index (χ3v) is 6.55. The number of aliphatic hydroxyl groups excluding tert-OH is 2. The van der Waals surface area contributed by atoms with E-state index in [9.17, 15) is 24.5 Å². The average molecular weight is 434 g/mol. The summed E-state index contributed by atoms with van der Waals surface area (Å²) in [6.45, 7) is 0.673. The number of nitrogens with zero attached hydrogens (tertiary/aromatic N) is 3. The Morgan fingerprint density at radius 2 is 2.03 bits per heavy atom. The van der Waals surface area contributed by atoms with E-state index in [4.69, 9.17) is 19.7 Å². The zero-order valence-electron chi connectivity index (χ0n) is 15.2. The zero-order valence-corrected chi connectivity index (χ0v) is 16.1. The van der Waals surface area contributed by atoms with E-state index in [1.807, 2.05) is 0 Å². The van der Waals surface area contributed by atoms with Crippen molar-refractivity contribution < 1.29 is 38.5 Å². The van der Waals surface area contributed by atoms with Crippen LogP contribution in [0.4, 0.5) is 5.82 Å². The smallest absolute Gasteiger partial charge is 0.387 e. The maximum absolute atomic E-state index is 12.4. The fourth-order valence-electron chi connectivity index (χ4n) is 3.41. The maximum Gasteiger partial charge on any atom is 0.405 e. The number of carbonyl (C=O) groups excluding carboxylic acids is 1. The molecule has 1 amide bonds. The number of hydrogen-bond donors (Lipinski definition) is 6. The number of fused-ring (bicyclic) bond motifs is 1. The number of morpholine rings is 1. The van der Waals surface area contributed by atoms with Gasteiger partial charge in [0.1, 0.15) is 24.1 Å². The van der Waals surface area contributed by atoms with E-state index in [0.29, 0.717) is 13.2 Å². The number of aromatic nitrogens is 2. The van der Waals surface area contributed by atoms with E-state index < -0.39 is 51.1 Å². The first-order valence-corrected chi connectivity index (χ1v) is 10.5. The number of amides is 1. The highest BCUT2D eigenvalue weighted by molar-refractivity contribution is 7.50. The van der Waals surface area contributed by atoms with E-state index >= 15 is 0 Å². The Hall–Kier alpha value is -1.61. The van der Waals surface area contributed by atoms with Crippen LogP contribution in [0.15, 0.2) is 6.33 Å². The number of nitrogens with one attached hydrogen (secondary N) is 2. The Kier molecular flexibility index (Phi) is 5.63. The van der Waals surface area contributed by atoms with Crippen molar-refractivity contribution >= 4 is 19.5 Å². The van der Waals surface area contributed by atoms with Crippen LogP contribution < -0.4 is 16.4 Å². The minimum atomic E-state index is -4.10. The predicted molar refractivity (Wildman–Crippen MR) is 95.4 cm³/mol. The van der Waals surface area contributed by atoms with Gasteiger partial charge in [-0.3, -0.25) is 19.6 Å². The summed E-state index contributed by atoms with van der Waals surface area (Å²) >= 11 is 0. The summed E-state index contributed by atoms with van der Waals surface area (Å²) in [5.41, 5.74) is 5.75. The second-order valence-electron chi connectivity index (χ2n) is 6.84. The van der Waals surface area contributed by atoms with E-state index in [-0.39, 0.29) is 24.6 Å². The van der Waals surface area contributed by atoms with Gasteiger partial charge in [-0.2, -0.15) is 0 Å². The van der Waals surface area contributed by atoms with Crippen molar-refractivity contribution in [3.05, 3.63) is 12.0 Å². The van der Waals surface area contributed by atoms with Crippen LogP contribution in [0.2, 0.25) is 0 Å². The Balaban J connectivity index is 1.45. The summed E-state index contributed by atoms with van der Waals surface area (Å²) in [5.74, 6) is -0.273. The highest BCUT2D eigenvalue weighted by atomic mass is 31.2. The highest BCUT2D eigenvalue weighted by Gasteiger charge is 2.46. The quantitative estimate of drug-likeness (QED) is 0.264. The number of hydrogen-bond acceptors (Lipinski definition) is 10. The average Bonchev–Trinajstić information content (AvgIpc) is 3.23. The van der Waals surface area contributed by atoms with E-state index in [2.05, 4.69) is 15.6 Å². The summed E-state index contributed by atoms with van der Waals surface area (Å²) < 4.78 is 31.0. The van der Waals surface area contributed by atoms with Gasteiger partial charge in [-0.1, -0.05) is 0 Å². The first-order chi connectivity index (χ1) is 13.8. The van der Waals surface area contributed by atoms with Gasteiger partial charge in [0.2, 0.25) is 0 Å². The summed E-state index contributed by atoms with van der Waals surface area (Å²) in [6.07, 6.45) is -4.58. The minimum absolute atomic E-state index is 0.0591. The molecular formula is C14H23N6O8P. The van der Waals surface area contributed by atoms with Crippen LogP contribution in [-0.4, -0.2) is 92.7 Å². The van der Waals surface area contributed by atoms with Gasteiger partial charge in [-0.15, -0.1) is 0 Å². The molecule has 0 bridgehead atoms. The van der Waals surface area contributed by atoms with Gasteiger partial charge >= 0.3 is 7.75 Å². The topological polar surface area (TPSA) is 194 Å². The van der Waals surface area contributed by atoms with Crippen molar-refractivity contribution in [2.45, 2.75) is 30.8 Å². The lowest BCUT2D eigenvalue weighted by atomic mass is 10.1. The first kappa shape index (κ1) is 20.7. The molecule has 4 rings (SSSR count). The molecule has 1 aromatic rings. The van der Waals surface area contributed by atoms with Gasteiger partial charge in [0.25, 0.3) is 5.91 Å². The van der Waals surface area contributed by atoms with Gasteiger partial charge in [-0.25, -0.2) is 14.2 Å². The number of carbonyl (C=O) groups is 1. The Morgan fingerprint density at radius 1 is 1.31 bits per heavy atom. The molecule has 1 aromatic heterocycles. The van der Waals surface area contributed by atoms with Crippen molar-refractivity contribution in [1.82, 2.24) is 19.5 Å². The number of imidazole rings is 1. The molecule has 0 saturated carbocycles. The summed E-state index contributed by atoms with van der Waals surface area (Å²) in [5, 5.41) is 26.0. The van der Waals surface area contributed by atoms with Crippen LogP contribution in [0.5, 0.6) is 0 Å². The summed E-state index contributed by atoms with van der Waals surface area (Å²) in [6, 6.07) is 0. The molecule has 14 nitrogen and oxygen atoms in total. The lowest BCUT2D eigenvalue weighted by Crippen LogP contribution is -2.51. The maximum atomic E-state index is 12.4. The van der Waals surface area contributed by atoms with Crippen molar-refractivity contribution in [3.8, 4) is 0 Å². The van der Waals surface area contributed by atoms with Crippen LogP contribution in [0, 0.1) is 0 Å². The van der Waals surface area contributed by atoms with Crippen molar-refractivity contribution in [2.24, 2.45) is 5.73 Å². The molecule has 2 saturated heterocycles. The molecule has 3 aliphatic heterocycles. The van der Waals surface area contributed by atoms with E-state index in [1.54, 1.807) is 0 Å². The van der Waals surface area contributed by atoms with Gasteiger partial charge in [0.05, 0.1) is 26.1 Å². The largest absolute Gasteiger partial charge is 0.405 e. The molecular weight excluding hydrogens is 411 g/mol. The SMILES string of the molecule is NC1NC(=O)c2ncn(C3O[C@H](COP(=O)(O)N4CCOCC4)[C@@H](O)[C@H]3O)c2N1. The standard InChI is InChI=1S/C14H23N6O8P/c15-14-17-11-8(12(23)18-14)16-6-20(11)13-10(22)9(21)7(28-13)5-27-29(24,25)19-1-3-26-4-2-19/h6-7,9-10,13-14,17,21-22H,1-5,15H2,(H,18,23)(H,24,25)/t7-,9-,10-,13?,14?/m1/s1. The van der Waals surface area contributed by atoms with Crippen molar-refractivity contribution in [3.63, 3.8) is 0 Å². The van der Waals surface area contributed by atoms with E-state index in [1.165, 1.54) is 15.6 Å². The van der Waals surface area contributed by atoms with Crippen LogP contribution in [0.25, 0.3) is 0 Å². The Bertz CT molecular complexity index is 816. The molecule has 0 aromatic carbocycles. The Morgan fingerprint density at radius 3 is 2.76 bits per heavy atom. The van der Waals surface area contributed by atoms with Crippen LogP contribution in [-0.2, 0) is 18.6 Å². The number of ether oxygens (including phenoxy) is 2. The molecule has 7 N–H and O–H groups in total. The predicted octanol–water partition coefficient (Wildman–Crippen LogP) is -2.65. The third kappa shape index (κ3) is 3.91. The monoisotopic (exact) mass is 434 g/mol. The van der Waals surface area contributed by atoms with Crippen molar-refractivity contribution in [2.75, 3.05) is 38.2 Å². The van der Waals surface area contributed by atoms with Gasteiger partial charge in [0.15, 0.2) is 18.2 Å². The minimum Gasteiger partial charge on any atom is -0.387 e. The fraction of sp³-hybridized carbons (Fsp3) is 0.714. The molecule has 0 radical (unpaired) electrons. The number of nitrogens with two attached hydrogens (primary N) is 1. The molecule has 0 aliphatic carbocycles. The third-order valence-electron chi connectivity index (χ3n) is 4.95. The lowest BCUT2D eigenvalue weighted by Gasteiger charge is -2.30. The zero-order chi connectivity index (χ0) is 20.8. The fourth-order valence-corrected chi connectivity index (χ4v) is 4.58. The second-order valence-corrected chi connectivity index (χ2v) is 8.65. The van der Waals surface area contributed by atoms with E-state index in [0.717, 1.165) is 0 Å². The molecule has 15 heteroatoms. The molecule has 3 unspecified atom stereocenters. The second kappa shape index (κ2) is 7.91. The van der Waals surface area contributed by atoms with Gasteiger partial charge in [-0.05, 0) is 0 Å². The molecule has 2 fully saturated rings. The van der Waals surface area contributed by atoms with Crippen LogP contribution in [0.3, 0.4) is 0 Å². The normalized spacial score (nSPS) is 34.9. The molecule has 162 valence electrons. The molecule has 4 heterocycles.